The number of ether oxygens (including phenoxy) is 1. The number of hydrogen-bond acceptors (Lipinski definition) is 2. The highest BCUT2D eigenvalue weighted by Gasteiger charge is 2.12. The van der Waals surface area contributed by atoms with Gasteiger partial charge in [-0.1, -0.05) is 0 Å². The van der Waals surface area contributed by atoms with Crippen molar-refractivity contribution in [3.8, 4) is 0 Å². The van der Waals surface area contributed by atoms with Crippen molar-refractivity contribution in [2.45, 2.75) is 25.0 Å². The van der Waals surface area contributed by atoms with Crippen molar-refractivity contribution in [1.82, 2.24) is 0 Å². The van der Waals surface area contributed by atoms with E-state index in [0.717, 1.165) is 6.61 Å². The van der Waals surface area contributed by atoms with E-state index in [1.807, 2.05) is 0 Å². The van der Waals surface area contributed by atoms with E-state index in [2.05, 4.69) is 0 Å². The van der Waals surface area contributed by atoms with Gasteiger partial charge < -0.3 is 9.76 Å². The van der Waals surface area contributed by atoms with Crippen LogP contribution in [0.5, 0.6) is 0 Å². The largest absolute Gasteiger partial charge is 0.457 e. The molecule has 1 aliphatic heterocycles. The molecule has 4 heteroatoms. The Kier molecular flexibility index (Phi) is 3.32. The Morgan fingerprint density at radius 1 is 1.56 bits per heavy atom. The van der Waals surface area contributed by atoms with Crippen LogP contribution in [0.15, 0.2) is 0 Å². The molecule has 1 fully saturated rings. The predicted octanol–water partition coefficient (Wildman–Crippen LogP) is -1.06. The van der Waals surface area contributed by atoms with Crippen molar-refractivity contribution < 1.29 is 9.76 Å². The SMILES string of the molecule is OB[SiH2]C1CCCCO1. The van der Waals surface area contributed by atoms with E-state index in [4.69, 9.17) is 9.76 Å². The Labute approximate surface area is 58.6 Å². The average Bonchev–Trinajstić information content (AvgIpc) is 1.91. The van der Waals surface area contributed by atoms with Gasteiger partial charge in [0.05, 0.1) is 9.39 Å². The van der Waals surface area contributed by atoms with E-state index in [9.17, 15) is 0 Å². The quantitative estimate of drug-likeness (QED) is 0.500. The number of rotatable bonds is 2. The summed E-state index contributed by atoms with van der Waals surface area (Å²) >= 11 is 0. The third-order valence-electron chi connectivity index (χ3n) is 1.73. The van der Waals surface area contributed by atoms with Gasteiger partial charge in [0.15, 0.2) is 0 Å². The van der Waals surface area contributed by atoms with Crippen LogP contribution in [0.2, 0.25) is 0 Å². The molecule has 1 unspecified atom stereocenters. The maximum Gasteiger partial charge on any atom is 0.253 e. The van der Waals surface area contributed by atoms with E-state index in [-0.39, 0.29) is 9.39 Å². The average molecular weight is 144 g/mol. The lowest BCUT2D eigenvalue weighted by Crippen LogP contribution is -2.29. The Hall–Kier alpha value is 0.202. The lowest BCUT2D eigenvalue weighted by molar-refractivity contribution is 0.0663. The molecule has 0 amide bonds. The molecule has 0 bridgehead atoms. The summed E-state index contributed by atoms with van der Waals surface area (Å²) in [6.07, 6.45) is 3.72. The normalized spacial score (nSPS) is 29.2. The van der Waals surface area contributed by atoms with Gasteiger partial charge in [-0.2, -0.15) is 0 Å². The van der Waals surface area contributed by atoms with Crippen LogP contribution in [-0.2, 0) is 4.74 Å². The summed E-state index contributed by atoms with van der Waals surface area (Å²) < 4.78 is 5.42. The zero-order valence-corrected chi connectivity index (χ0v) is 7.09. The minimum atomic E-state index is -0.291. The van der Waals surface area contributed by atoms with Crippen LogP contribution < -0.4 is 0 Å². The summed E-state index contributed by atoms with van der Waals surface area (Å²) in [5.41, 5.74) is 0.490. The zero-order chi connectivity index (χ0) is 6.53. The first-order chi connectivity index (χ1) is 4.43. The van der Waals surface area contributed by atoms with Crippen molar-refractivity contribution in [3.63, 3.8) is 0 Å². The molecule has 52 valence electrons. The Morgan fingerprint density at radius 3 is 3.00 bits per heavy atom. The van der Waals surface area contributed by atoms with Crippen LogP contribution in [0.3, 0.4) is 0 Å². The standard InChI is InChI=1S/C5H13BO2Si/c7-6-9-5-3-1-2-4-8-5/h5-7H,1-4,9H2. The molecule has 1 heterocycles. The molecule has 0 spiro atoms. The molecule has 1 aliphatic rings. The second-order valence-electron chi connectivity index (χ2n) is 2.50. The topological polar surface area (TPSA) is 29.5 Å². The van der Waals surface area contributed by atoms with Gasteiger partial charge in [-0.3, -0.25) is 0 Å². The van der Waals surface area contributed by atoms with Gasteiger partial charge in [-0.25, -0.2) is 0 Å². The van der Waals surface area contributed by atoms with Gasteiger partial charge in [-0.05, 0) is 19.3 Å². The summed E-state index contributed by atoms with van der Waals surface area (Å²) in [4.78, 5) is 0. The third kappa shape index (κ3) is 2.51. The van der Waals surface area contributed by atoms with Gasteiger partial charge >= 0.3 is 0 Å². The van der Waals surface area contributed by atoms with Crippen molar-refractivity contribution in [2.24, 2.45) is 0 Å². The maximum atomic E-state index is 8.60. The highest BCUT2D eigenvalue weighted by molar-refractivity contribution is 6.97. The smallest absolute Gasteiger partial charge is 0.253 e. The van der Waals surface area contributed by atoms with Crippen molar-refractivity contribution in [1.29, 1.82) is 0 Å². The Balaban J connectivity index is 2.08. The van der Waals surface area contributed by atoms with Crippen molar-refractivity contribution in [2.75, 3.05) is 6.61 Å². The molecule has 1 rings (SSSR count). The van der Waals surface area contributed by atoms with Crippen LogP contribution in [0.4, 0.5) is 0 Å². The third-order valence-corrected chi connectivity index (χ3v) is 3.27. The summed E-state index contributed by atoms with van der Waals surface area (Å²) in [5, 5.41) is 8.60. The molecular weight excluding hydrogens is 131 g/mol. The fourth-order valence-corrected chi connectivity index (χ4v) is 2.38. The summed E-state index contributed by atoms with van der Waals surface area (Å²) in [7, 11) is 0.117. The minimum absolute atomic E-state index is 0.291. The molecular formula is C5H13BO2Si. The van der Waals surface area contributed by atoms with Gasteiger partial charge in [0.2, 0.25) is 0 Å². The molecule has 0 aromatic heterocycles. The van der Waals surface area contributed by atoms with Gasteiger partial charge in [0, 0.05) is 12.3 Å². The lowest BCUT2D eigenvalue weighted by atomic mass is 10.2. The first-order valence-electron chi connectivity index (χ1n) is 3.66. The Morgan fingerprint density at radius 2 is 2.44 bits per heavy atom. The fraction of sp³-hybridized carbons (Fsp3) is 1.00. The van der Waals surface area contributed by atoms with Crippen LogP contribution >= 0.6 is 0 Å². The maximum absolute atomic E-state index is 8.60. The van der Waals surface area contributed by atoms with Crippen LogP contribution in [0.1, 0.15) is 19.3 Å². The molecule has 1 atom stereocenters. The van der Waals surface area contributed by atoms with Crippen molar-refractivity contribution in [3.05, 3.63) is 0 Å². The fourth-order valence-electron chi connectivity index (χ4n) is 1.18. The summed E-state index contributed by atoms with van der Waals surface area (Å²) in [6, 6.07) is 0. The highest BCUT2D eigenvalue weighted by Crippen LogP contribution is 2.10. The van der Waals surface area contributed by atoms with Crippen LogP contribution in [0.25, 0.3) is 0 Å². The Bertz CT molecular complexity index is 72.6. The van der Waals surface area contributed by atoms with E-state index in [0.29, 0.717) is 12.8 Å². The molecule has 0 aromatic carbocycles. The molecule has 0 saturated carbocycles. The minimum Gasteiger partial charge on any atom is -0.457 e. The lowest BCUT2D eigenvalue weighted by Gasteiger charge is -2.20. The predicted molar refractivity (Wildman–Crippen MR) is 41.5 cm³/mol. The molecule has 1 N–H and O–H groups in total. The summed E-state index contributed by atoms with van der Waals surface area (Å²) in [5.74, 6) is 0. The first kappa shape index (κ1) is 7.31. The highest BCUT2D eigenvalue weighted by atomic mass is 28.2. The van der Waals surface area contributed by atoms with E-state index in [1.54, 1.807) is 0 Å². The second-order valence-corrected chi connectivity index (χ2v) is 4.44. The van der Waals surface area contributed by atoms with Crippen molar-refractivity contribution >= 4 is 16.5 Å². The molecule has 0 aliphatic carbocycles. The molecule has 0 aromatic rings. The van der Waals surface area contributed by atoms with E-state index in [1.165, 1.54) is 19.3 Å². The second kappa shape index (κ2) is 4.09. The van der Waals surface area contributed by atoms with Crippen LogP contribution in [-0.4, -0.2) is 33.8 Å². The monoisotopic (exact) mass is 144 g/mol. The first-order valence-corrected chi connectivity index (χ1v) is 5.47. The van der Waals surface area contributed by atoms with E-state index >= 15 is 0 Å². The van der Waals surface area contributed by atoms with Gasteiger partial charge in [0.1, 0.15) is 0 Å². The molecule has 1 saturated heterocycles. The zero-order valence-electron chi connectivity index (χ0n) is 5.68. The number of hydrogen-bond donors (Lipinski definition) is 1. The van der Waals surface area contributed by atoms with Crippen LogP contribution in [0, 0.1) is 0 Å². The summed E-state index contributed by atoms with van der Waals surface area (Å²) in [6.45, 7) is 0.928. The van der Waals surface area contributed by atoms with Gasteiger partial charge in [-0.15, -0.1) is 0 Å². The molecule has 9 heavy (non-hydrogen) atoms. The molecule has 0 radical (unpaired) electrons. The van der Waals surface area contributed by atoms with Gasteiger partial charge in [0.25, 0.3) is 7.07 Å². The van der Waals surface area contributed by atoms with E-state index < -0.39 is 0 Å². The molecule has 2 nitrogen and oxygen atoms in total.